The molecule has 2 unspecified atom stereocenters. The number of aliphatic imine (C=N–C) groups is 1. The SMILES string of the molecule is CCN=CC(=CN)c1ccc2c(c1)CC(C)N(c1ccc(C3CC3)c(F)c1)C2c1ccc(/C=C/C(=O)O)cc1. The second-order valence-electron chi connectivity index (χ2n) is 10.3. The number of hydrogen-bond acceptors (Lipinski definition) is 4. The van der Waals surface area contributed by atoms with Gasteiger partial charge in [-0.25, -0.2) is 9.18 Å². The fourth-order valence-electron chi connectivity index (χ4n) is 5.56. The Kier molecular flexibility index (Phi) is 7.64. The lowest BCUT2D eigenvalue weighted by atomic mass is 9.83. The smallest absolute Gasteiger partial charge is 0.328 e. The first-order valence-corrected chi connectivity index (χ1v) is 13.5. The Hall–Kier alpha value is -4.19. The second-order valence-corrected chi connectivity index (χ2v) is 10.3. The summed E-state index contributed by atoms with van der Waals surface area (Å²) in [5, 5.41) is 9.00. The number of carboxylic acids is 1. The van der Waals surface area contributed by atoms with Gasteiger partial charge in [-0.3, -0.25) is 4.99 Å². The molecule has 5 rings (SSSR count). The number of nitrogens with zero attached hydrogens (tertiary/aromatic N) is 2. The van der Waals surface area contributed by atoms with Gasteiger partial charge in [-0.2, -0.15) is 0 Å². The van der Waals surface area contributed by atoms with Crippen molar-refractivity contribution in [1.82, 2.24) is 0 Å². The highest BCUT2D eigenvalue weighted by atomic mass is 19.1. The summed E-state index contributed by atoms with van der Waals surface area (Å²) < 4.78 is 15.2. The van der Waals surface area contributed by atoms with Crippen LogP contribution in [0.2, 0.25) is 0 Å². The van der Waals surface area contributed by atoms with Crippen LogP contribution < -0.4 is 10.6 Å². The summed E-state index contributed by atoms with van der Waals surface area (Å²) in [6.07, 6.45) is 9.02. The first kappa shape index (κ1) is 26.4. The van der Waals surface area contributed by atoms with E-state index in [1.807, 2.05) is 43.5 Å². The maximum absolute atomic E-state index is 15.2. The topological polar surface area (TPSA) is 78.9 Å². The Labute approximate surface area is 229 Å². The zero-order chi connectivity index (χ0) is 27.5. The lowest BCUT2D eigenvalue weighted by Gasteiger charge is -2.44. The Balaban J connectivity index is 1.59. The maximum atomic E-state index is 15.2. The number of nitrogens with two attached hydrogens (primary N) is 1. The minimum atomic E-state index is -0.984. The molecule has 1 aliphatic heterocycles. The van der Waals surface area contributed by atoms with E-state index in [4.69, 9.17) is 10.8 Å². The molecule has 3 aromatic carbocycles. The van der Waals surface area contributed by atoms with Crippen molar-refractivity contribution < 1.29 is 14.3 Å². The summed E-state index contributed by atoms with van der Waals surface area (Å²) in [4.78, 5) is 17.6. The summed E-state index contributed by atoms with van der Waals surface area (Å²) in [5.41, 5.74) is 13.7. The van der Waals surface area contributed by atoms with Gasteiger partial charge < -0.3 is 15.7 Å². The summed E-state index contributed by atoms with van der Waals surface area (Å²) >= 11 is 0. The first-order chi connectivity index (χ1) is 18.9. The summed E-state index contributed by atoms with van der Waals surface area (Å²) in [5.74, 6) is -0.771. The van der Waals surface area contributed by atoms with Gasteiger partial charge in [0.2, 0.25) is 0 Å². The number of benzene rings is 3. The van der Waals surface area contributed by atoms with Crippen molar-refractivity contribution in [3.05, 3.63) is 112 Å². The predicted octanol–water partition coefficient (Wildman–Crippen LogP) is 6.73. The van der Waals surface area contributed by atoms with E-state index in [1.54, 1.807) is 18.3 Å². The highest BCUT2D eigenvalue weighted by Gasteiger charge is 2.35. The van der Waals surface area contributed by atoms with Gasteiger partial charge in [0, 0.05) is 42.3 Å². The van der Waals surface area contributed by atoms with Crippen molar-refractivity contribution in [3.63, 3.8) is 0 Å². The first-order valence-electron chi connectivity index (χ1n) is 13.5. The number of fused-ring (bicyclic) bond motifs is 1. The zero-order valence-electron chi connectivity index (χ0n) is 22.3. The fourth-order valence-corrected chi connectivity index (χ4v) is 5.56. The third-order valence-corrected chi connectivity index (χ3v) is 7.60. The average molecular weight is 524 g/mol. The van der Waals surface area contributed by atoms with Gasteiger partial charge in [0.25, 0.3) is 0 Å². The summed E-state index contributed by atoms with van der Waals surface area (Å²) in [6.45, 7) is 4.85. The number of carbonyl (C=O) groups is 1. The molecule has 0 saturated heterocycles. The fraction of sp³-hybridized carbons (Fsp3) is 0.273. The van der Waals surface area contributed by atoms with E-state index in [2.05, 4.69) is 41.1 Å². The van der Waals surface area contributed by atoms with E-state index in [9.17, 15) is 4.79 Å². The van der Waals surface area contributed by atoms with Crippen LogP contribution in [0, 0.1) is 5.82 Å². The molecule has 1 heterocycles. The van der Waals surface area contributed by atoms with E-state index in [1.165, 1.54) is 5.56 Å². The van der Waals surface area contributed by atoms with E-state index in [0.29, 0.717) is 12.5 Å². The van der Waals surface area contributed by atoms with E-state index >= 15 is 4.39 Å². The third-order valence-electron chi connectivity index (χ3n) is 7.60. The van der Waals surface area contributed by atoms with Crippen molar-refractivity contribution >= 4 is 29.5 Å². The van der Waals surface area contributed by atoms with Crippen LogP contribution in [0.4, 0.5) is 10.1 Å². The Bertz CT molecular complexity index is 1450. The van der Waals surface area contributed by atoms with Crippen LogP contribution in [0.5, 0.6) is 0 Å². The number of halogens is 1. The standard InChI is InChI=1S/C33H34FN3O2/c1-3-36-20-27(19-35)25-11-13-30-26(17-25)16-21(2)37(28-12-14-29(23-9-10-23)31(34)18-28)33(30)24-7-4-22(5-8-24)6-15-32(38)39/h4-8,11-15,17-21,23,33H,3,9-10,16,35H2,1-2H3,(H,38,39)/b15-6+,27-19?,36-20?. The lowest BCUT2D eigenvalue weighted by molar-refractivity contribution is -0.131. The number of allylic oxidation sites excluding steroid dienone is 1. The number of hydrogen-bond donors (Lipinski definition) is 2. The van der Waals surface area contributed by atoms with E-state index in [-0.39, 0.29) is 17.9 Å². The van der Waals surface area contributed by atoms with Gasteiger partial charge in [0.1, 0.15) is 5.82 Å². The molecular formula is C33H34FN3O2. The van der Waals surface area contributed by atoms with Crippen molar-refractivity contribution in [2.75, 3.05) is 11.4 Å². The molecule has 1 saturated carbocycles. The quantitative estimate of drug-likeness (QED) is 0.253. The van der Waals surface area contributed by atoms with Crippen LogP contribution in [0.15, 0.2) is 77.9 Å². The minimum Gasteiger partial charge on any atom is -0.478 e. The zero-order valence-corrected chi connectivity index (χ0v) is 22.3. The van der Waals surface area contributed by atoms with Crippen molar-refractivity contribution in [3.8, 4) is 0 Å². The van der Waals surface area contributed by atoms with Gasteiger partial charge in [0.05, 0.1) is 6.04 Å². The Morgan fingerprint density at radius 1 is 1.10 bits per heavy atom. The van der Waals surface area contributed by atoms with E-state index < -0.39 is 5.97 Å². The summed E-state index contributed by atoms with van der Waals surface area (Å²) in [6, 6.07) is 20.0. The maximum Gasteiger partial charge on any atom is 0.328 e. The van der Waals surface area contributed by atoms with Gasteiger partial charge in [-0.1, -0.05) is 48.5 Å². The lowest BCUT2D eigenvalue weighted by Crippen LogP contribution is -2.43. The molecule has 39 heavy (non-hydrogen) atoms. The molecule has 0 bridgehead atoms. The van der Waals surface area contributed by atoms with Crippen LogP contribution >= 0.6 is 0 Å². The predicted molar refractivity (Wildman–Crippen MR) is 157 cm³/mol. The molecular weight excluding hydrogens is 489 g/mol. The van der Waals surface area contributed by atoms with Crippen molar-refractivity contribution in [2.45, 2.75) is 51.1 Å². The molecule has 3 aromatic rings. The monoisotopic (exact) mass is 523 g/mol. The number of anilines is 1. The Morgan fingerprint density at radius 2 is 1.85 bits per heavy atom. The molecule has 3 N–H and O–H groups in total. The number of carboxylic acid groups (broad SMARTS) is 1. The number of aliphatic carboxylic acids is 1. The van der Waals surface area contributed by atoms with Gasteiger partial charge in [0.15, 0.2) is 0 Å². The molecule has 0 radical (unpaired) electrons. The third kappa shape index (κ3) is 5.65. The van der Waals surface area contributed by atoms with E-state index in [0.717, 1.165) is 64.4 Å². The molecule has 1 aliphatic carbocycles. The molecule has 0 amide bonds. The molecule has 2 atom stereocenters. The van der Waals surface area contributed by atoms with Crippen LogP contribution in [0.1, 0.15) is 72.0 Å². The van der Waals surface area contributed by atoms with Gasteiger partial charge in [-0.15, -0.1) is 0 Å². The second kappa shape index (κ2) is 11.3. The molecule has 5 nitrogen and oxygen atoms in total. The van der Waals surface area contributed by atoms with Crippen LogP contribution in [-0.4, -0.2) is 29.9 Å². The molecule has 6 heteroatoms. The highest BCUT2D eigenvalue weighted by molar-refractivity contribution is 6.09. The Morgan fingerprint density at radius 3 is 2.49 bits per heavy atom. The number of rotatable bonds is 8. The van der Waals surface area contributed by atoms with Crippen molar-refractivity contribution in [2.24, 2.45) is 10.7 Å². The van der Waals surface area contributed by atoms with Crippen LogP contribution in [0.25, 0.3) is 11.6 Å². The molecule has 1 fully saturated rings. The molecule has 200 valence electrons. The normalized spacial score (nSPS) is 19.6. The largest absolute Gasteiger partial charge is 0.478 e. The van der Waals surface area contributed by atoms with Crippen molar-refractivity contribution in [1.29, 1.82) is 0 Å². The summed E-state index contributed by atoms with van der Waals surface area (Å²) in [7, 11) is 0. The minimum absolute atomic E-state index is 0.102. The van der Waals surface area contributed by atoms with Gasteiger partial charge in [-0.05, 0) is 90.6 Å². The highest BCUT2D eigenvalue weighted by Crippen LogP contribution is 2.45. The molecule has 0 spiro atoms. The van der Waals surface area contributed by atoms with Gasteiger partial charge >= 0.3 is 5.97 Å². The molecule has 2 aliphatic rings. The molecule has 0 aromatic heterocycles. The average Bonchev–Trinajstić information content (AvgIpc) is 3.77. The van der Waals surface area contributed by atoms with Crippen LogP contribution in [-0.2, 0) is 11.2 Å². The van der Waals surface area contributed by atoms with Crippen LogP contribution in [0.3, 0.4) is 0 Å².